The summed E-state index contributed by atoms with van der Waals surface area (Å²) in [5, 5.41) is 8.24. The molecule has 0 saturated heterocycles. The van der Waals surface area contributed by atoms with Gasteiger partial charge in [-0.2, -0.15) is 0 Å². The first kappa shape index (κ1) is 5.95. The number of aliphatic hydroxyl groups excluding tert-OH is 1. The predicted octanol–water partition coefficient (Wildman–Crippen LogP) is 1.02. The van der Waals surface area contributed by atoms with E-state index in [-0.39, 0.29) is 13.0 Å². The number of hydrogen-bond acceptors (Lipinski definition) is 1. The molecule has 1 aliphatic carbocycles. The van der Waals surface area contributed by atoms with Crippen molar-refractivity contribution >= 4 is 0 Å². The molecule has 0 bridgehead atoms. The Morgan fingerprint density at radius 2 is 2.25 bits per heavy atom. The Balaban J connectivity index is 2.37. The highest BCUT2D eigenvalue weighted by Crippen LogP contribution is 2.42. The van der Waals surface area contributed by atoms with Gasteiger partial charge < -0.3 is 5.11 Å². The lowest BCUT2D eigenvalue weighted by atomic mass is 9.82. The van der Waals surface area contributed by atoms with Gasteiger partial charge in [-0.25, -0.2) is 8.78 Å². The minimum absolute atomic E-state index is 0.0434. The second-order valence-corrected chi connectivity index (χ2v) is 2.18. The largest absolute Gasteiger partial charge is 0.396 e. The third-order valence-corrected chi connectivity index (χ3v) is 1.64. The van der Waals surface area contributed by atoms with Gasteiger partial charge in [0.1, 0.15) is 0 Å². The molecule has 1 rings (SSSR count). The van der Waals surface area contributed by atoms with E-state index < -0.39 is 11.8 Å². The average Bonchev–Trinajstić information content (AvgIpc) is 1.66. The van der Waals surface area contributed by atoms with Gasteiger partial charge in [0.15, 0.2) is 0 Å². The highest BCUT2D eigenvalue weighted by Gasteiger charge is 2.47. The topological polar surface area (TPSA) is 20.2 Å². The smallest absolute Gasteiger partial charge is 0.253 e. The standard InChI is InChI=1S/C5H8F2O/c6-5(7)2-1-4(5)3-8/h4,8H,1-3H2/t4-/m0/s1. The Morgan fingerprint density at radius 1 is 1.62 bits per heavy atom. The van der Waals surface area contributed by atoms with Gasteiger partial charge in [-0.1, -0.05) is 0 Å². The van der Waals surface area contributed by atoms with Gasteiger partial charge in [-0.05, 0) is 6.42 Å². The lowest BCUT2D eigenvalue weighted by Gasteiger charge is -2.34. The molecule has 1 atom stereocenters. The lowest BCUT2D eigenvalue weighted by molar-refractivity contribution is -0.146. The lowest BCUT2D eigenvalue weighted by Crippen LogP contribution is -2.40. The van der Waals surface area contributed by atoms with Crippen LogP contribution in [0.4, 0.5) is 8.78 Å². The number of halogens is 2. The van der Waals surface area contributed by atoms with Gasteiger partial charge in [0, 0.05) is 12.3 Å². The minimum atomic E-state index is -2.56. The summed E-state index contributed by atoms with van der Waals surface area (Å²) in [6.45, 7) is -0.368. The molecule has 0 aromatic rings. The summed E-state index contributed by atoms with van der Waals surface area (Å²) in [4.78, 5) is 0. The van der Waals surface area contributed by atoms with E-state index in [4.69, 9.17) is 5.11 Å². The van der Waals surface area contributed by atoms with Crippen molar-refractivity contribution in [2.75, 3.05) is 6.61 Å². The number of aliphatic hydroxyl groups is 1. The van der Waals surface area contributed by atoms with E-state index in [1.165, 1.54) is 0 Å². The van der Waals surface area contributed by atoms with Crippen molar-refractivity contribution in [3.63, 3.8) is 0 Å². The van der Waals surface area contributed by atoms with Crippen molar-refractivity contribution in [1.29, 1.82) is 0 Å². The molecule has 0 amide bonds. The molecule has 0 aliphatic heterocycles. The Bertz CT molecular complexity index is 90.4. The first-order valence-electron chi connectivity index (χ1n) is 2.65. The van der Waals surface area contributed by atoms with Crippen LogP contribution in [0.3, 0.4) is 0 Å². The second-order valence-electron chi connectivity index (χ2n) is 2.18. The van der Waals surface area contributed by atoms with Gasteiger partial charge in [-0.3, -0.25) is 0 Å². The summed E-state index contributed by atoms with van der Waals surface area (Å²) in [6, 6.07) is 0. The number of alkyl halides is 2. The van der Waals surface area contributed by atoms with Crippen LogP contribution in [0.1, 0.15) is 12.8 Å². The molecular formula is C5H8F2O. The molecular weight excluding hydrogens is 114 g/mol. The summed E-state index contributed by atoms with van der Waals surface area (Å²) in [5.74, 6) is -3.31. The fraction of sp³-hybridized carbons (Fsp3) is 1.00. The summed E-state index contributed by atoms with van der Waals surface area (Å²) in [6.07, 6.45) is 0.432. The molecule has 1 fully saturated rings. The molecule has 0 unspecified atom stereocenters. The molecule has 1 nitrogen and oxygen atoms in total. The first-order valence-corrected chi connectivity index (χ1v) is 2.65. The van der Waals surface area contributed by atoms with Crippen LogP contribution in [-0.4, -0.2) is 17.6 Å². The number of rotatable bonds is 1. The van der Waals surface area contributed by atoms with Crippen molar-refractivity contribution in [1.82, 2.24) is 0 Å². The monoisotopic (exact) mass is 122 g/mol. The van der Waals surface area contributed by atoms with E-state index in [1.54, 1.807) is 0 Å². The van der Waals surface area contributed by atoms with Crippen molar-refractivity contribution in [2.24, 2.45) is 5.92 Å². The highest BCUT2D eigenvalue weighted by molar-refractivity contribution is 4.86. The summed E-state index contributed by atoms with van der Waals surface area (Å²) >= 11 is 0. The normalized spacial score (nSPS) is 34.1. The van der Waals surface area contributed by atoms with Crippen LogP contribution in [-0.2, 0) is 0 Å². The summed E-state index contributed by atoms with van der Waals surface area (Å²) in [5.41, 5.74) is 0. The van der Waals surface area contributed by atoms with Crippen LogP contribution in [0.2, 0.25) is 0 Å². The van der Waals surface area contributed by atoms with Crippen LogP contribution in [0.25, 0.3) is 0 Å². The van der Waals surface area contributed by atoms with Crippen LogP contribution in [0, 0.1) is 5.92 Å². The molecule has 0 spiro atoms. The van der Waals surface area contributed by atoms with Crippen molar-refractivity contribution < 1.29 is 13.9 Å². The molecule has 0 radical (unpaired) electrons. The molecule has 1 saturated carbocycles. The van der Waals surface area contributed by atoms with E-state index >= 15 is 0 Å². The van der Waals surface area contributed by atoms with Crippen LogP contribution < -0.4 is 0 Å². The van der Waals surface area contributed by atoms with Crippen molar-refractivity contribution in [3.8, 4) is 0 Å². The fourth-order valence-electron chi connectivity index (χ4n) is 0.792. The first-order chi connectivity index (χ1) is 3.67. The molecule has 8 heavy (non-hydrogen) atoms. The zero-order valence-corrected chi connectivity index (χ0v) is 4.40. The van der Waals surface area contributed by atoms with Crippen molar-refractivity contribution in [3.05, 3.63) is 0 Å². The predicted molar refractivity (Wildman–Crippen MR) is 24.8 cm³/mol. The molecule has 0 heterocycles. The summed E-state index contributed by atoms with van der Waals surface area (Å²) < 4.78 is 24.1. The fourth-order valence-corrected chi connectivity index (χ4v) is 0.792. The Hall–Kier alpha value is -0.180. The Labute approximate surface area is 46.3 Å². The number of hydrogen-bond donors (Lipinski definition) is 1. The minimum Gasteiger partial charge on any atom is -0.396 e. The maximum Gasteiger partial charge on any atom is 0.253 e. The Morgan fingerprint density at radius 3 is 2.25 bits per heavy atom. The van der Waals surface area contributed by atoms with E-state index in [0.29, 0.717) is 6.42 Å². The van der Waals surface area contributed by atoms with Gasteiger partial charge in [-0.15, -0.1) is 0 Å². The third kappa shape index (κ3) is 0.708. The molecule has 3 heteroatoms. The third-order valence-electron chi connectivity index (χ3n) is 1.64. The molecule has 0 aromatic carbocycles. The molecule has 48 valence electrons. The van der Waals surface area contributed by atoms with Gasteiger partial charge in [0.2, 0.25) is 0 Å². The zero-order chi connectivity index (χ0) is 6.20. The molecule has 1 N–H and O–H groups in total. The van der Waals surface area contributed by atoms with E-state index in [0.717, 1.165) is 0 Å². The van der Waals surface area contributed by atoms with Crippen molar-refractivity contribution in [2.45, 2.75) is 18.8 Å². The van der Waals surface area contributed by atoms with Crippen LogP contribution in [0.5, 0.6) is 0 Å². The maximum absolute atomic E-state index is 12.0. The second kappa shape index (κ2) is 1.65. The highest BCUT2D eigenvalue weighted by atomic mass is 19.3. The molecule has 0 aromatic heterocycles. The van der Waals surface area contributed by atoms with Crippen LogP contribution >= 0.6 is 0 Å². The van der Waals surface area contributed by atoms with Crippen LogP contribution in [0.15, 0.2) is 0 Å². The van der Waals surface area contributed by atoms with E-state index in [1.807, 2.05) is 0 Å². The zero-order valence-electron chi connectivity index (χ0n) is 4.40. The van der Waals surface area contributed by atoms with E-state index in [2.05, 4.69) is 0 Å². The Kier molecular flexibility index (Phi) is 1.23. The SMILES string of the molecule is OC[C@@H]1CCC1(F)F. The maximum atomic E-state index is 12.0. The molecule has 1 aliphatic rings. The van der Waals surface area contributed by atoms with Gasteiger partial charge in [0.05, 0.1) is 6.61 Å². The van der Waals surface area contributed by atoms with E-state index in [9.17, 15) is 8.78 Å². The average molecular weight is 122 g/mol. The summed E-state index contributed by atoms with van der Waals surface area (Å²) in [7, 11) is 0. The quantitative estimate of drug-likeness (QED) is 0.550. The van der Waals surface area contributed by atoms with Gasteiger partial charge in [0.25, 0.3) is 5.92 Å². The van der Waals surface area contributed by atoms with Gasteiger partial charge >= 0.3 is 0 Å².